The highest BCUT2D eigenvalue weighted by molar-refractivity contribution is 5.89. The van der Waals surface area contributed by atoms with Crippen LogP contribution in [0.1, 0.15) is 10.4 Å². The first-order valence-corrected chi connectivity index (χ1v) is 8.13. The summed E-state index contributed by atoms with van der Waals surface area (Å²) < 4.78 is 19.9. The summed E-state index contributed by atoms with van der Waals surface area (Å²) in [6, 6.07) is 15.9. The van der Waals surface area contributed by atoms with E-state index in [9.17, 15) is 14.0 Å². The number of hydrogen-bond acceptors (Lipinski definition) is 4. The number of halogens is 1. The average Bonchev–Trinajstić information content (AvgIpc) is 3.12. The van der Waals surface area contributed by atoms with Gasteiger partial charge < -0.3 is 9.72 Å². The van der Waals surface area contributed by atoms with Crippen molar-refractivity contribution in [2.24, 2.45) is 0 Å². The van der Waals surface area contributed by atoms with Crippen molar-refractivity contribution >= 4 is 11.6 Å². The molecule has 0 fully saturated rings. The molecule has 27 heavy (non-hydrogen) atoms. The summed E-state index contributed by atoms with van der Waals surface area (Å²) >= 11 is 0. The van der Waals surface area contributed by atoms with Crippen molar-refractivity contribution in [1.29, 1.82) is 0 Å². The highest BCUT2D eigenvalue weighted by atomic mass is 19.1. The Balaban J connectivity index is 1.79. The summed E-state index contributed by atoms with van der Waals surface area (Å²) in [5, 5.41) is 4.20. The quantitative estimate of drug-likeness (QED) is 0.567. The van der Waals surface area contributed by atoms with Gasteiger partial charge in [-0.05, 0) is 29.8 Å². The number of aromatic nitrogens is 3. The van der Waals surface area contributed by atoms with Gasteiger partial charge in [-0.2, -0.15) is 9.61 Å². The number of aromatic amines is 1. The molecule has 0 aliphatic carbocycles. The molecular formula is C20H14FN3O3. The maximum atomic E-state index is 14.0. The molecule has 0 atom stereocenters. The van der Waals surface area contributed by atoms with Crippen molar-refractivity contribution in [1.82, 2.24) is 14.6 Å². The van der Waals surface area contributed by atoms with Crippen molar-refractivity contribution in [3.05, 3.63) is 82.4 Å². The van der Waals surface area contributed by atoms with Gasteiger partial charge in [0.25, 0.3) is 5.56 Å². The fourth-order valence-electron chi connectivity index (χ4n) is 2.86. The molecule has 7 heteroatoms. The van der Waals surface area contributed by atoms with Crippen LogP contribution in [0.3, 0.4) is 0 Å². The van der Waals surface area contributed by atoms with Gasteiger partial charge in [0.2, 0.25) is 0 Å². The van der Waals surface area contributed by atoms with Crippen LogP contribution in [0.15, 0.2) is 65.5 Å². The number of carbonyl (C=O) groups excluding carboxylic acids is 1. The van der Waals surface area contributed by atoms with E-state index in [0.717, 1.165) is 5.56 Å². The maximum Gasteiger partial charge on any atom is 0.337 e. The Bertz CT molecular complexity index is 1210. The third-order valence-corrected chi connectivity index (χ3v) is 4.22. The van der Waals surface area contributed by atoms with Gasteiger partial charge in [0.15, 0.2) is 0 Å². The first-order chi connectivity index (χ1) is 13.1. The first kappa shape index (κ1) is 16.7. The number of fused-ring (bicyclic) bond motifs is 1. The number of esters is 1. The third kappa shape index (κ3) is 2.99. The van der Waals surface area contributed by atoms with Gasteiger partial charge in [-0.3, -0.25) is 4.79 Å². The van der Waals surface area contributed by atoms with E-state index in [1.165, 1.54) is 23.8 Å². The van der Waals surface area contributed by atoms with Gasteiger partial charge in [-0.15, -0.1) is 0 Å². The summed E-state index contributed by atoms with van der Waals surface area (Å²) in [4.78, 5) is 27.1. The number of carbonyl (C=O) groups is 1. The molecule has 0 aliphatic rings. The molecule has 4 aromatic rings. The standard InChI is InChI=1S/C20H14FN3O3/c1-27-20(26)13-8-6-12(7-9-13)16-11-19(25)24-18(22-16)10-17(23-24)14-4-2-3-5-15(14)21/h2-11,22H,1H3. The number of ether oxygens (including phenoxy) is 1. The molecule has 1 N–H and O–H groups in total. The number of methoxy groups -OCH3 is 1. The van der Waals surface area contributed by atoms with Gasteiger partial charge >= 0.3 is 5.97 Å². The van der Waals surface area contributed by atoms with E-state index in [1.54, 1.807) is 48.5 Å². The van der Waals surface area contributed by atoms with E-state index in [0.29, 0.717) is 28.2 Å². The van der Waals surface area contributed by atoms with Crippen LogP contribution in [-0.2, 0) is 4.74 Å². The lowest BCUT2D eigenvalue weighted by Gasteiger charge is -2.04. The highest BCUT2D eigenvalue weighted by Gasteiger charge is 2.12. The van der Waals surface area contributed by atoms with Crippen LogP contribution in [0, 0.1) is 5.82 Å². The highest BCUT2D eigenvalue weighted by Crippen LogP contribution is 2.23. The molecule has 0 radical (unpaired) electrons. The topological polar surface area (TPSA) is 76.5 Å². The molecule has 0 aliphatic heterocycles. The molecule has 2 heterocycles. The SMILES string of the molecule is COC(=O)c1ccc(-c2cc(=O)n3nc(-c4ccccc4F)cc3[nH]2)cc1. The van der Waals surface area contributed by atoms with Crippen LogP contribution in [0.25, 0.3) is 28.2 Å². The minimum atomic E-state index is -0.434. The molecule has 4 rings (SSSR count). The van der Waals surface area contributed by atoms with E-state index < -0.39 is 11.8 Å². The summed E-state index contributed by atoms with van der Waals surface area (Å²) in [7, 11) is 1.31. The van der Waals surface area contributed by atoms with Crippen molar-refractivity contribution in [3.8, 4) is 22.5 Å². The largest absolute Gasteiger partial charge is 0.465 e. The Morgan fingerprint density at radius 1 is 1.11 bits per heavy atom. The third-order valence-electron chi connectivity index (χ3n) is 4.22. The van der Waals surface area contributed by atoms with Gasteiger partial charge in [0, 0.05) is 17.7 Å². The van der Waals surface area contributed by atoms with Crippen molar-refractivity contribution < 1.29 is 13.9 Å². The lowest BCUT2D eigenvalue weighted by Crippen LogP contribution is -2.14. The molecule has 0 bridgehead atoms. The number of rotatable bonds is 3. The zero-order valence-electron chi connectivity index (χ0n) is 14.3. The second-order valence-corrected chi connectivity index (χ2v) is 5.90. The molecule has 0 saturated heterocycles. The zero-order valence-corrected chi connectivity index (χ0v) is 14.3. The maximum absolute atomic E-state index is 14.0. The Morgan fingerprint density at radius 3 is 2.56 bits per heavy atom. The molecule has 2 aromatic heterocycles. The number of nitrogens with zero attached hydrogens (tertiary/aromatic N) is 2. The molecule has 0 spiro atoms. The number of benzene rings is 2. The van der Waals surface area contributed by atoms with Crippen LogP contribution in [0.4, 0.5) is 4.39 Å². The van der Waals surface area contributed by atoms with Gasteiger partial charge in [0.1, 0.15) is 11.5 Å². The molecule has 6 nitrogen and oxygen atoms in total. The van der Waals surface area contributed by atoms with E-state index in [1.807, 2.05) is 0 Å². The average molecular weight is 363 g/mol. The predicted octanol–water partition coefficient (Wildman–Crippen LogP) is 3.28. The molecule has 0 saturated carbocycles. The predicted molar refractivity (Wildman–Crippen MR) is 98.0 cm³/mol. The normalized spacial score (nSPS) is 10.9. The molecule has 2 aromatic carbocycles. The van der Waals surface area contributed by atoms with E-state index >= 15 is 0 Å². The Hall–Kier alpha value is -3.74. The van der Waals surface area contributed by atoms with E-state index in [-0.39, 0.29) is 5.56 Å². The van der Waals surface area contributed by atoms with E-state index in [2.05, 4.69) is 14.8 Å². The minimum absolute atomic E-state index is 0.318. The van der Waals surface area contributed by atoms with Gasteiger partial charge in [-0.25, -0.2) is 9.18 Å². The summed E-state index contributed by atoms with van der Waals surface area (Å²) in [5.74, 6) is -0.845. The number of H-pyrrole nitrogens is 1. The summed E-state index contributed by atoms with van der Waals surface area (Å²) in [6.45, 7) is 0. The van der Waals surface area contributed by atoms with Gasteiger partial charge in [0.05, 0.1) is 24.1 Å². The Kier molecular flexibility index (Phi) is 4.04. The molecule has 134 valence electrons. The molecule has 0 amide bonds. The monoisotopic (exact) mass is 363 g/mol. The van der Waals surface area contributed by atoms with Crippen molar-refractivity contribution in [2.75, 3.05) is 7.11 Å². The van der Waals surface area contributed by atoms with Crippen LogP contribution < -0.4 is 5.56 Å². The summed E-state index contributed by atoms with van der Waals surface area (Å²) in [6.07, 6.45) is 0. The van der Waals surface area contributed by atoms with E-state index in [4.69, 9.17) is 0 Å². The fourth-order valence-corrected chi connectivity index (χ4v) is 2.86. The van der Waals surface area contributed by atoms with Crippen LogP contribution in [0.5, 0.6) is 0 Å². The van der Waals surface area contributed by atoms with Gasteiger partial charge in [-0.1, -0.05) is 24.3 Å². The molecular weight excluding hydrogens is 349 g/mol. The van der Waals surface area contributed by atoms with Crippen LogP contribution in [-0.4, -0.2) is 27.7 Å². The zero-order chi connectivity index (χ0) is 19.0. The second kappa shape index (κ2) is 6.53. The van der Waals surface area contributed by atoms with Crippen molar-refractivity contribution in [3.63, 3.8) is 0 Å². The lowest BCUT2D eigenvalue weighted by atomic mass is 10.1. The molecule has 0 unspecified atom stereocenters. The Labute approximate surface area is 152 Å². The number of nitrogens with one attached hydrogen (secondary N) is 1. The summed E-state index contributed by atoms with van der Waals surface area (Å²) in [5.41, 5.74) is 2.46. The van der Waals surface area contributed by atoms with Crippen LogP contribution in [0.2, 0.25) is 0 Å². The first-order valence-electron chi connectivity index (χ1n) is 8.13. The smallest absolute Gasteiger partial charge is 0.337 e. The minimum Gasteiger partial charge on any atom is -0.465 e. The van der Waals surface area contributed by atoms with Crippen molar-refractivity contribution in [2.45, 2.75) is 0 Å². The number of hydrogen-bond donors (Lipinski definition) is 1. The lowest BCUT2D eigenvalue weighted by molar-refractivity contribution is 0.0601. The Morgan fingerprint density at radius 2 is 1.85 bits per heavy atom. The fraction of sp³-hybridized carbons (Fsp3) is 0.0500. The van der Waals surface area contributed by atoms with Crippen LogP contribution >= 0.6 is 0 Å². The second-order valence-electron chi connectivity index (χ2n) is 5.90.